The van der Waals surface area contributed by atoms with E-state index in [9.17, 15) is 9.90 Å². The van der Waals surface area contributed by atoms with E-state index in [1.165, 1.54) is 18.4 Å². The van der Waals surface area contributed by atoms with Gasteiger partial charge in [0, 0.05) is 54.9 Å². The fourth-order valence-corrected chi connectivity index (χ4v) is 6.12. The third-order valence-corrected chi connectivity index (χ3v) is 8.61. The van der Waals surface area contributed by atoms with E-state index in [0.29, 0.717) is 40.9 Å². The Hall–Kier alpha value is -4.76. The molecule has 9 nitrogen and oxygen atoms in total. The van der Waals surface area contributed by atoms with Gasteiger partial charge >= 0.3 is 0 Å². The maximum atomic E-state index is 13.7. The molecule has 1 aliphatic heterocycles. The number of nitrogens with zero attached hydrogens (tertiary/aromatic N) is 6. The molecule has 43 heavy (non-hydrogen) atoms. The first-order valence-corrected chi connectivity index (χ1v) is 15.1. The van der Waals surface area contributed by atoms with Crippen LogP contribution < -0.4 is 15.1 Å². The minimum atomic E-state index is -0.230. The van der Waals surface area contributed by atoms with Crippen molar-refractivity contribution < 1.29 is 9.90 Å². The summed E-state index contributed by atoms with van der Waals surface area (Å²) in [5, 5.41) is 14.0. The minimum absolute atomic E-state index is 0.0310. The molecule has 9 heteroatoms. The monoisotopic (exact) mass is 573 g/mol. The number of benzene rings is 2. The van der Waals surface area contributed by atoms with E-state index in [-0.39, 0.29) is 12.5 Å². The Morgan fingerprint density at radius 1 is 1.05 bits per heavy atom. The number of aliphatic hydroxyl groups excluding tert-OH is 1. The highest BCUT2D eigenvalue weighted by Gasteiger charge is 2.30. The molecule has 1 fully saturated rings. The van der Waals surface area contributed by atoms with Crippen LogP contribution in [0.15, 0.2) is 73.3 Å². The van der Waals surface area contributed by atoms with E-state index < -0.39 is 0 Å². The average molecular weight is 574 g/mol. The lowest BCUT2D eigenvalue weighted by Crippen LogP contribution is -2.38. The number of fused-ring (bicyclic) bond motifs is 2. The summed E-state index contributed by atoms with van der Waals surface area (Å²) >= 11 is 0. The second kappa shape index (κ2) is 11.1. The van der Waals surface area contributed by atoms with Gasteiger partial charge in [0.25, 0.3) is 5.91 Å². The molecule has 2 N–H and O–H groups in total. The van der Waals surface area contributed by atoms with Crippen LogP contribution in [-0.4, -0.2) is 50.0 Å². The molecule has 1 amide bonds. The number of pyridine rings is 1. The van der Waals surface area contributed by atoms with Crippen LogP contribution >= 0.6 is 0 Å². The molecule has 3 aromatic heterocycles. The first-order valence-electron chi connectivity index (χ1n) is 15.1. The Morgan fingerprint density at radius 3 is 2.65 bits per heavy atom. The molecule has 0 atom stereocenters. The van der Waals surface area contributed by atoms with Gasteiger partial charge in [0.15, 0.2) is 11.5 Å². The SMILES string of the molecule is CCN(CC)c1ccc(Nc2nc(-c3cccc(N4CCc5cc(C6CC6)ccc5C4=O)c3CO)cn3ccnc23)cn1. The fraction of sp³-hybridized carbons (Fsp3) is 0.294. The van der Waals surface area contributed by atoms with E-state index in [1.54, 1.807) is 17.3 Å². The molecule has 1 saturated carbocycles. The predicted molar refractivity (Wildman–Crippen MR) is 169 cm³/mol. The van der Waals surface area contributed by atoms with Crippen LogP contribution in [0.1, 0.15) is 59.7 Å². The lowest BCUT2D eigenvalue weighted by Gasteiger charge is -2.31. The lowest BCUT2D eigenvalue weighted by atomic mass is 9.93. The van der Waals surface area contributed by atoms with Crippen molar-refractivity contribution in [3.8, 4) is 11.3 Å². The van der Waals surface area contributed by atoms with Gasteiger partial charge in [-0.1, -0.05) is 24.3 Å². The zero-order valence-electron chi connectivity index (χ0n) is 24.5. The van der Waals surface area contributed by atoms with Gasteiger partial charge in [0.05, 0.1) is 29.9 Å². The van der Waals surface area contributed by atoms with Crippen molar-refractivity contribution in [2.75, 3.05) is 34.8 Å². The largest absolute Gasteiger partial charge is 0.392 e. The number of hydrogen-bond acceptors (Lipinski definition) is 7. The zero-order chi connectivity index (χ0) is 29.5. The van der Waals surface area contributed by atoms with Crippen molar-refractivity contribution in [2.45, 2.75) is 45.6 Å². The highest BCUT2D eigenvalue weighted by Crippen LogP contribution is 2.41. The van der Waals surface area contributed by atoms with Crippen molar-refractivity contribution in [3.63, 3.8) is 0 Å². The number of aliphatic hydroxyl groups is 1. The number of carbonyl (C=O) groups is 1. The maximum absolute atomic E-state index is 13.7. The number of rotatable bonds is 9. The standard InChI is InChI=1S/C34H35N7O2/c1-3-39(4-2)31-13-11-25(19-36-31)37-32-33-35-15-17-40(33)20-29(38-32)27-6-5-7-30(28(27)21-42)41-16-14-24-18-23(22-8-9-22)10-12-26(24)34(41)43/h5-7,10-13,15,17-20,22,42H,3-4,8-9,14,16,21H2,1-2H3,(H,37,38). The summed E-state index contributed by atoms with van der Waals surface area (Å²) in [7, 11) is 0. The number of hydrogen-bond donors (Lipinski definition) is 2. The van der Waals surface area contributed by atoms with E-state index >= 15 is 0 Å². The molecule has 0 saturated heterocycles. The highest BCUT2D eigenvalue weighted by atomic mass is 16.3. The summed E-state index contributed by atoms with van der Waals surface area (Å²) in [5.74, 6) is 2.12. The quantitative estimate of drug-likeness (QED) is 0.225. The second-order valence-electron chi connectivity index (χ2n) is 11.2. The topological polar surface area (TPSA) is 98.9 Å². The molecule has 0 radical (unpaired) electrons. The van der Waals surface area contributed by atoms with Gasteiger partial charge in [-0.25, -0.2) is 15.0 Å². The van der Waals surface area contributed by atoms with Crippen LogP contribution in [-0.2, 0) is 13.0 Å². The molecule has 5 aromatic rings. The summed E-state index contributed by atoms with van der Waals surface area (Å²) in [4.78, 5) is 31.8. The summed E-state index contributed by atoms with van der Waals surface area (Å²) < 4.78 is 1.91. The number of carbonyl (C=O) groups excluding carboxylic acids is 1. The van der Waals surface area contributed by atoms with Crippen LogP contribution in [0.25, 0.3) is 16.9 Å². The normalized spacial score (nSPS) is 14.7. The Kier molecular flexibility index (Phi) is 7.02. The van der Waals surface area contributed by atoms with Gasteiger partial charge in [0.1, 0.15) is 5.82 Å². The highest BCUT2D eigenvalue weighted by molar-refractivity contribution is 6.09. The smallest absolute Gasteiger partial charge is 0.258 e. The molecule has 0 bridgehead atoms. The number of aromatic nitrogens is 4. The summed E-state index contributed by atoms with van der Waals surface area (Å²) in [6.45, 7) is 6.33. The van der Waals surface area contributed by atoms with E-state index in [2.05, 4.69) is 46.2 Å². The Labute approximate surface area is 250 Å². The van der Waals surface area contributed by atoms with Gasteiger partial charge in [0.2, 0.25) is 0 Å². The second-order valence-corrected chi connectivity index (χ2v) is 11.2. The van der Waals surface area contributed by atoms with Crippen LogP contribution in [0.3, 0.4) is 0 Å². The van der Waals surface area contributed by atoms with Crippen LogP contribution in [0.4, 0.5) is 23.0 Å². The summed E-state index contributed by atoms with van der Waals surface area (Å²) in [6, 6.07) is 16.1. The maximum Gasteiger partial charge on any atom is 0.258 e. The Bertz CT molecular complexity index is 1810. The fourth-order valence-electron chi connectivity index (χ4n) is 6.12. The van der Waals surface area contributed by atoms with E-state index in [4.69, 9.17) is 4.98 Å². The summed E-state index contributed by atoms with van der Waals surface area (Å²) in [6.07, 6.45) is 10.6. The zero-order valence-corrected chi connectivity index (χ0v) is 24.5. The Balaban J connectivity index is 1.23. The molecular weight excluding hydrogens is 538 g/mol. The van der Waals surface area contributed by atoms with Gasteiger partial charge in [-0.2, -0.15) is 0 Å². The summed E-state index contributed by atoms with van der Waals surface area (Å²) in [5.41, 5.74) is 7.47. The van der Waals surface area contributed by atoms with Crippen molar-refractivity contribution in [2.24, 2.45) is 0 Å². The van der Waals surface area contributed by atoms with Crippen LogP contribution in [0, 0.1) is 0 Å². The molecule has 218 valence electrons. The number of amides is 1. The number of nitrogens with one attached hydrogen (secondary N) is 1. The Morgan fingerprint density at radius 2 is 1.91 bits per heavy atom. The minimum Gasteiger partial charge on any atom is -0.392 e. The number of anilines is 4. The molecule has 7 rings (SSSR count). The molecular formula is C34H35N7O2. The van der Waals surface area contributed by atoms with Gasteiger partial charge in [-0.15, -0.1) is 0 Å². The average Bonchev–Trinajstić information content (AvgIpc) is 3.78. The van der Waals surface area contributed by atoms with Crippen LogP contribution in [0.2, 0.25) is 0 Å². The first kappa shape index (κ1) is 27.1. The van der Waals surface area contributed by atoms with Crippen molar-refractivity contribution in [1.29, 1.82) is 0 Å². The van der Waals surface area contributed by atoms with Gasteiger partial charge < -0.3 is 24.6 Å². The van der Waals surface area contributed by atoms with E-state index in [0.717, 1.165) is 47.7 Å². The van der Waals surface area contributed by atoms with E-state index in [1.807, 2.05) is 53.2 Å². The van der Waals surface area contributed by atoms with Gasteiger partial charge in [-0.05, 0) is 74.4 Å². The number of imidazole rings is 1. The molecule has 0 spiro atoms. The van der Waals surface area contributed by atoms with Crippen molar-refractivity contribution in [1.82, 2.24) is 19.4 Å². The van der Waals surface area contributed by atoms with Crippen LogP contribution in [0.5, 0.6) is 0 Å². The van der Waals surface area contributed by atoms with Crippen molar-refractivity contribution in [3.05, 3.63) is 95.6 Å². The lowest BCUT2D eigenvalue weighted by molar-refractivity contribution is 0.0980. The molecule has 4 heterocycles. The molecule has 2 aliphatic rings. The molecule has 1 aliphatic carbocycles. The molecule has 0 unspecified atom stereocenters. The van der Waals surface area contributed by atoms with Crippen molar-refractivity contribution >= 4 is 34.6 Å². The predicted octanol–water partition coefficient (Wildman–Crippen LogP) is 5.95. The van der Waals surface area contributed by atoms with Gasteiger partial charge in [-0.3, -0.25) is 4.79 Å². The third-order valence-electron chi connectivity index (χ3n) is 8.61. The third kappa shape index (κ3) is 4.99. The first-order chi connectivity index (χ1) is 21.1. The molecule has 2 aromatic carbocycles.